The monoisotopic (exact) mass is 204 g/mol. The highest BCUT2D eigenvalue weighted by Gasteiger charge is 2.03. The van der Waals surface area contributed by atoms with E-state index in [2.05, 4.69) is 10.2 Å². The Hall–Kier alpha value is -1.84. The minimum atomic E-state index is 0.596. The molecule has 1 heterocycles. The summed E-state index contributed by atoms with van der Waals surface area (Å²) in [6, 6.07) is 7.80. The Labute approximate surface area is 87.9 Å². The number of hydrogen-bond acceptors (Lipinski definition) is 4. The molecule has 1 aromatic heterocycles. The summed E-state index contributed by atoms with van der Waals surface area (Å²) in [4.78, 5) is 0. The van der Waals surface area contributed by atoms with Gasteiger partial charge in [-0.3, -0.25) is 0 Å². The van der Waals surface area contributed by atoms with Crippen LogP contribution in [0.1, 0.15) is 17.3 Å². The first-order valence-electron chi connectivity index (χ1n) is 4.70. The second-order valence-corrected chi connectivity index (χ2v) is 3.24. The largest absolute Gasteiger partial charge is 0.497 e. The van der Waals surface area contributed by atoms with Crippen molar-refractivity contribution < 1.29 is 9.15 Å². The number of benzene rings is 1. The van der Waals surface area contributed by atoms with Gasteiger partial charge in [0.15, 0.2) is 0 Å². The maximum atomic E-state index is 5.29. The Morgan fingerprint density at radius 1 is 1.20 bits per heavy atom. The summed E-state index contributed by atoms with van der Waals surface area (Å²) >= 11 is 0. The molecule has 4 nitrogen and oxygen atoms in total. The quantitative estimate of drug-likeness (QED) is 0.767. The Balaban J connectivity index is 2.11. The number of nitrogens with zero attached hydrogens (tertiary/aromatic N) is 2. The van der Waals surface area contributed by atoms with Crippen LogP contribution < -0.4 is 4.74 Å². The Kier molecular flexibility index (Phi) is 2.67. The highest BCUT2D eigenvalue weighted by atomic mass is 16.5. The van der Waals surface area contributed by atoms with E-state index in [0.29, 0.717) is 18.2 Å². The number of aryl methyl sites for hydroxylation is 1. The Morgan fingerprint density at radius 2 is 1.93 bits per heavy atom. The molecule has 0 aliphatic rings. The molecule has 0 bridgehead atoms. The van der Waals surface area contributed by atoms with Crippen LogP contribution in [0.4, 0.5) is 0 Å². The maximum absolute atomic E-state index is 5.29. The van der Waals surface area contributed by atoms with Crippen LogP contribution >= 0.6 is 0 Å². The van der Waals surface area contributed by atoms with Gasteiger partial charge in [0.05, 0.1) is 13.5 Å². The molecule has 0 amide bonds. The van der Waals surface area contributed by atoms with Crippen molar-refractivity contribution in [2.45, 2.75) is 13.3 Å². The third-order valence-electron chi connectivity index (χ3n) is 2.08. The van der Waals surface area contributed by atoms with E-state index in [1.54, 1.807) is 14.0 Å². The van der Waals surface area contributed by atoms with E-state index in [4.69, 9.17) is 9.15 Å². The van der Waals surface area contributed by atoms with Crippen LogP contribution in [0.2, 0.25) is 0 Å². The number of methoxy groups -OCH3 is 1. The molecule has 0 saturated heterocycles. The summed E-state index contributed by atoms with van der Waals surface area (Å²) in [6.07, 6.45) is 0.658. The van der Waals surface area contributed by atoms with E-state index in [1.165, 1.54) is 0 Å². The lowest BCUT2D eigenvalue weighted by Gasteiger charge is -2.00. The van der Waals surface area contributed by atoms with Crippen molar-refractivity contribution in [3.05, 3.63) is 41.6 Å². The minimum Gasteiger partial charge on any atom is -0.497 e. The van der Waals surface area contributed by atoms with Gasteiger partial charge in [-0.15, -0.1) is 10.2 Å². The van der Waals surface area contributed by atoms with Gasteiger partial charge in [-0.05, 0) is 17.7 Å². The van der Waals surface area contributed by atoms with Gasteiger partial charge in [-0.25, -0.2) is 0 Å². The van der Waals surface area contributed by atoms with Crippen molar-refractivity contribution in [2.24, 2.45) is 0 Å². The Morgan fingerprint density at radius 3 is 2.47 bits per heavy atom. The molecular formula is C11H12N2O2. The molecule has 0 spiro atoms. The fourth-order valence-corrected chi connectivity index (χ4v) is 1.33. The van der Waals surface area contributed by atoms with Crippen molar-refractivity contribution >= 4 is 0 Å². The fourth-order valence-electron chi connectivity index (χ4n) is 1.33. The normalized spacial score (nSPS) is 10.3. The van der Waals surface area contributed by atoms with Gasteiger partial charge in [-0.2, -0.15) is 0 Å². The molecule has 1 aromatic carbocycles. The minimum absolute atomic E-state index is 0.596. The van der Waals surface area contributed by atoms with E-state index >= 15 is 0 Å². The topological polar surface area (TPSA) is 48.2 Å². The fraction of sp³-hybridized carbons (Fsp3) is 0.273. The van der Waals surface area contributed by atoms with E-state index in [9.17, 15) is 0 Å². The molecule has 0 saturated carbocycles. The van der Waals surface area contributed by atoms with E-state index in [1.807, 2.05) is 24.3 Å². The zero-order valence-electron chi connectivity index (χ0n) is 8.73. The first-order chi connectivity index (χ1) is 7.28. The molecule has 0 aliphatic heterocycles. The zero-order valence-corrected chi connectivity index (χ0v) is 8.73. The second kappa shape index (κ2) is 4.13. The molecule has 15 heavy (non-hydrogen) atoms. The molecular weight excluding hydrogens is 192 g/mol. The summed E-state index contributed by atoms with van der Waals surface area (Å²) in [5.41, 5.74) is 1.12. The first kappa shape index (κ1) is 9.71. The molecule has 0 fully saturated rings. The second-order valence-electron chi connectivity index (χ2n) is 3.24. The summed E-state index contributed by atoms with van der Waals surface area (Å²) < 4.78 is 10.4. The molecule has 0 N–H and O–H groups in total. The average Bonchev–Trinajstić information content (AvgIpc) is 2.65. The Bertz CT molecular complexity index is 434. The molecule has 2 aromatic rings. The van der Waals surface area contributed by atoms with Crippen molar-refractivity contribution in [3.63, 3.8) is 0 Å². The van der Waals surface area contributed by atoms with Crippen LogP contribution in [0, 0.1) is 6.92 Å². The van der Waals surface area contributed by atoms with Crippen molar-refractivity contribution in [1.82, 2.24) is 10.2 Å². The predicted molar refractivity (Wildman–Crippen MR) is 54.8 cm³/mol. The van der Waals surface area contributed by atoms with Crippen LogP contribution in [0.3, 0.4) is 0 Å². The molecule has 2 rings (SSSR count). The molecule has 0 atom stereocenters. The molecule has 0 unspecified atom stereocenters. The lowest BCUT2D eigenvalue weighted by molar-refractivity contribution is 0.414. The van der Waals surface area contributed by atoms with Crippen LogP contribution in [-0.4, -0.2) is 17.3 Å². The molecule has 0 aliphatic carbocycles. The van der Waals surface area contributed by atoms with Crippen LogP contribution in [-0.2, 0) is 6.42 Å². The smallest absolute Gasteiger partial charge is 0.220 e. The van der Waals surface area contributed by atoms with Gasteiger partial charge in [0, 0.05) is 6.92 Å². The van der Waals surface area contributed by atoms with Crippen LogP contribution in [0.5, 0.6) is 5.75 Å². The number of hydrogen-bond donors (Lipinski definition) is 0. The number of rotatable bonds is 3. The van der Waals surface area contributed by atoms with Gasteiger partial charge < -0.3 is 9.15 Å². The lowest BCUT2D eigenvalue weighted by Crippen LogP contribution is -1.89. The number of aromatic nitrogens is 2. The van der Waals surface area contributed by atoms with Crippen molar-refractivity contribution in [2.75, 3.05) is 7.11 Å². The van der Waals surface area contributed by atoms with Crippen molar-refractivity contribution in [3.8, 4) is 5.75 Å². The lowest BCUT2D eigenvalue weighted by atomic mass is 10.1. The average molecular weight is 204 g/mol. The van der Waals surface area contributed by atoms with Crippen LogP contribution in [0.25, 0.3) is 0 Å². The van der Waals surface area contributed by atoms with E-state index < -0.39 is 0 Å². The summed E-state index contributed by atoms with van der Waals surface area (Å²) in [7, 11) is 1.65. The zero-order chi connectivity index (χ0) is 10.7. The maximum Gasteiger partial charge on any atom is 0.220 e. The van der Waals surface area contributed by atoms with Crippen molar-refractivity contribution in [1.29, 1.82) is 0 Å². The van der Waals surface area contributed by atoms with E-state index in [-0.39, 0.29) is 0 Å². The van der Waals surface area contributed by atoms with Gasteiger partial charge >= 0.3 is 0 Å². The highest BCUT2D eigenvalue weighted by molar-refractivity contribution is 5.28. The highest BCUT2D eigenvalue weighted by Crippen LogP contribution is 2.14. The summed E-state index contributed by atoms with van der Waals surface area (Å²) in [5, 5.41) is 7.71. The third kappa shape index (κ3) is 2.34. The standard InChI is InChI=1S/C11H12N2O2/c1-8-12-13-11(15-8)7-9-3-5-10(14-2)6-4-9/h3-6H,7H2,1-2H3. The first-order valence-corrected chi connectivity index (χ1v) is 4.70. The molecule has 78 valence electrons. The SMILES string of the molecule is COc1ccc(Cc2nnc(C)o2)cc1. The molecule has 0 radical (unpaired) electrons. The van der Waals surface area contributed by atoms with Gasteiger partial charge in [-0.1, -0.05) is 12.1 Å². The number of ether oxygens (including phenoxy) is 1. The molecule has 4 heteroatoms. The predicted octanol–water partition coefficient (Wildman–Crippen LogP) is 1.98. The van der Waals surface area contributed by atoms with Gasteiger partial charge in [0.1, 0.15) is 5.75 Å². The van der Waals surface area contributed by atoms with Gasteiger partial charge in [0.2, 0.25) is 11.8 Å². The van der Waals surface area contributed by atoms with Crippen LogP contribution in [0.15, 0.2) is 28.7 Å². The summed E-state index contributed by atoms with van der Waals surface area (Å²) in [5.74, 6) is 2.08. The third-order valence-corrected chi connectivity index (χ3v) is 2.08. The van der Waals surface area contributed by atoms with Gasteiger partial charge in [0.25, 0.3) is 0 Å². The summed E-state index contributed by atoms with van der Waals surface area (Å²) in [6.45, 7) is 1.78. The van der Waals surface area contributed by atoms with E-state index in [0.717, 1.165) is 11.3 Å².